The molecule has 78 valence electrons. The molecule has 0 aliphatic carbocycles. The quantitative estimate of drug-likeness (QED) is 0.563. The Hall–Kier alpha value is -0.610. The van der Waals surface area contributed by atoms with Crippen LogP contribution in [0.15, 0.2) is 0 Å². The third-order valence-corrected chi connectivity index (χ3v) is 1.76. The molecule has 0 aliphatic rings. The van der Waals surface area contributed by atoms with E-state index in [2.05, 4.69) is 5.32 Å². The lowest BCUT2D eigenvalue weighted by atomic mass is 10.2. The molecule has 0 bridgehead atoms. The summed E-state index contributed by atoms with van der Waals surface area (Å²) < 4.78 is 4.85. The van der Waals surface area contributed by atoms with Gasteiger partial charge in [-0.1, -0.05) is 13.3 Å². The van der Waals surface area contributed by atoms with Gasteiger partial charge in [0.15, 0.2) is 0 Å². The Bertz CT molecular complexity index is 140. The van der Waals surface area contributed by atoms with Crippen molar-refractivity contribution < 1.29 is 9.53 Å². The zero-order chi connectivity index (χ0) is 10.1. The Morgan fingerprint density at radius 3 is 2.85 bits per heavy atom. The number of nitrogens with two attached hydrogens (primary N) is 1. The Balaban J connectivity index is 3.38. The zero-order valence-corrected chi connectivity index (χ0v) is 8.51. The van der Waals surface area contributed by atoms with Crippen LogP contribution in [-0.2, 0) is 9.53 Å². The van der Waals surface area contributed by atoms with Gasteiger partial charge in [-0.15, -0.1) is 0 Å². The van der Waals surface area contributed by atoms with Crippen LogP contribution in [0.2, 0.25) is 0 Å². The van der Waals surface area contributed by atoms with Crippen LogP contribution in [0.5, 0.6) is 0 Å². The maximum absolute atomic E-state index is 11.2. The van der Waals surface area contributed by atoms with Gasteiger partial charge in [0.2, 0.25) is 5.91 Å². The van der Waals surface area contributed by atoms with Gasteiger partial charge in [-0.05, 0) is 12.8 Å². The largest absolute Gasteiger partial charge is 0.385 e. The standard InChI is InChI=1S/C9H20N2O2/c1-3-5-8(10)9(12)11-6-4-7-13-2/h8H,3-7,10H2,1-2H3,(H,11,12)/t8-/m0/s1. The Morgan fingerprint density at radius 2 is 2.31 bits per heavy atom. The van der Waals surface area contributed by atoms with Gasteiger partial charge in [-0.2, -0.15) is 0 Å². The summed E-state index contributed by atoms with van der Waals surface area (Å²) in [6, 6.07) is -0.354. The SMILES string of the molecule is CCC[C@H](N)C(=O)NCCCOC. The molecule has 0 unspecified atom stereocenters. The lowest BCUT2D eigenvalue weighted by Gasteiger charge is -2.10. The fraction of sp³-hybridized carbons (Fsp3) is 0.889. The van der Waals surface area contributed by atoms with E-state index in [-0.39, 0.29) is 11.9 Å². The molecule has 4 nitrogen and oxygen atoms in total. The van der Waals surface area contributed by atoms with Crippen LogP contribution in [0.3, 0.4) is 0 Å². The fourth-order valence-electron chi connectivity index (χ4n) is 1.00. The highest BCUT2D eigenvalue weighted by Gasteiger charge is 2.10. The molecule has 0 radical (unpaired) electrons. The molecule has 1 atom stereocenters. The smallest absolute Gasteiger partial charge is 0.236 e. The van der Waals surface area contributed by atoms with Crippen molar-refractivity contribution >= 4 is 5.91 Å². The first-order valence-corrected chi connectivity index (χ1v) is 4.74. The average molecular weight is 188 g/mol. The van der Waals surface area contributed by atoms with E-state index in [1.807, 2.05) is 6.92 Å². The molecule has 0 fully saturated rings. The topological polar surface area (TPSA) is 64.4 Å². The van der Waals surface area contributed by atoms with E-state index in [9.17, 15) is 4.79 Å². The molecular formula is C9H20N2O2. The van der Waals surface area contributed by atoms with Crippen LogP contribution in [-0.4, -0.2) is 32.2 Å². The van der Waals surface area contributed by atoms with Gasteiger partial charge in [0.1, 0.15) is 0 Å². The van der Waals surface area contributed by atoms with Crippen LogP contribution in [0.1, 0.15) is 26.2 Å². The highest BCUT2D eigenvalue weighted by Crippen LogP contribution is 1.92. The summed E-state index contributed by atoms with van der Waals surface area (Å²) in [4.78, 5) is 11.2. The minimum absolute atomic E-state index is 0.0575. The molecule has 0 aliphatic heterocycles. The number of amides is 1. The lowest BCUT2D eigenvalue weighted by molar-refractivity contribution is -0.122. The summed E-state index contributed by atoms with van der Waals surface area (Å²) in [5.74, 6) is -0.0575. The first kappa shape index (κ1) is 12.4. The number of carbonyl (C=O) groups excluding carboxylic acids is 1. The number of methoxy groups -OCH3 is 1. The molecule has 0 aromatic rings. The van der Waals surface area contributed by atoms with Crippen LogP contribution < -0.4 is 11.1 Å². The second-order valence-electron chi connectivity index (χ2n) is 3.03. The van der Waals surface area contributed by atoms with Gasteiger partial charge >= 0.3 is 0 Å². The van der Waals surface area contributed by atoms with Crippen LogP contribution in [0.25, 0.3) is 0 Å². The van der Waals surface area contributed by atoms with Crippen molar-refractivity contribution in [1.29, 1.82) is 0 Å². The second-order valence-corrected chi connectivity index (χ2v) is 3.03. The molecule has 0 aromatic carbocycles. The van der Waals surface area contributed by atoms with Crippen molar-refractivity contribution in [3.8, 4) is 0 Å². The van der Waals surface area contributed by atoms with Gasteiger partial charge in [0, 0.05) is 20.3 Å². The Morgan fingerprint density at radius 1 is 1.62 bits per heavy atom. The normalized spacial score (nSPS) is 12.5. The maximum atomic E-state index is 11.2. The minimum Gasteiger partial charge on any atom is -0.385 e. The molecule has 0 saturated heterocycles. The second kappa shape index (κ2) is 8.01. The minimum atomic E-state index is -0.354. The van der Waals surface area contributed by atoms with Crippen molar-refractivity contribution in [3.05, 3.63) is 0 Å². The summed E-state index contributed by atoms with van der Waals surface area (Å²) in [7, 11) is 1.64. The van der Waals surface area contributed by atoms with E-state index in [0.29, 0.717) is 13.2 Å². The van der Waals surface area contributed by atoms with E-state index in [4.69, 9.17) is 10.5 Å². The van der Waals surface area contributed by atoms with E-state index in [1.54, 1.807) is 7.11 Å². The van der Waals surface area contributed by atoms with Crippen LogP contribution in [0.4, 0.5) is 0 Å². The van der Waals surface area contributed by atoms with Gasteiger partial charge in [0.05, 0.1) is 6.04 Å². The summed E-state index contributed by atoms with van der Waals surface area (Å²) in [6.07, 6.45) is 2.52. The van der Waals surface area contributed by atoms with Gasteiger partial charge < -0.3 is 15.8 Å². The molecule has 0 rings (SSSR count). The molecular weight excluding hydrogens is 168 g/mol. The average Bonchev–Trinajstić information content (AvgIpc) is 2.12. The Labute approximate surface area is 79.8 Å². The van der Waals surface area contributed by atoms with E-state index in [1.165, 1.54) is 0 Å². The number of carbonyl (C=O) groups is 1. The molecule has 0 heterocycles. The number of hydrogen-bond acceptors (Lipinski definition) is 3. The third kappa shape index (κ3) is 6.54. The predicted molar refractivity (Wildman–Crippen MR) is 52.4 cm³/mol. The fourth-order valence-corrected chi connectivity index (χ4v) is 1.00. The van der Waals surface area contributed by atoms with Crippen molar-refractivity contribution in [2.75, 3.05) is 20.3 Å². The van der Waals surface area contributed by atoms with Crippen molar-refractivity contribution in [2.45, 2.75) is 32.2 Å². The first-order chi connectivity index (χ1) is 6.22. The van der Waals surface area contributed by atoms with Crippen molar-refractivity contribution in [1.82, 2.24) is 5.32 Å². The van der Waals surface area contributed by atoms with Crippen LogP contribution in [0, 0.1) is 0 Å². The molecule has 0 saturated carbocycles. The number of hydrogen-bond donors (Lipinski definition) is 2. The lowest BCUT2D eigenvalue weighted by Crippen LogP contribution is -2.40. The van der Waals surface area contributed by atoms with Gasteiger partial charge in [-0.25, -0.2) is 0 Å². The Kier molecular flexibility index (Phi) is 7.63. The van der Waals surface area contributed by atoms with E-state index >= 15 is 0 Å². The third-order valence-electron chi connectivity index (χ3n) is 1.76. The van der Waals surface area contributed by atoms with Crippen molar-refractivity contribution in [3.63, 3.8) is 0 Å². The monoisotopic (exact) mass is 188 g/mol. The van der Waals surface area contributed by atoms with Gasteiger partial charge in [0.25, 0.3) is 0 Å². The molecule has 13 heavy (non-hydrogen) atoms. The highest BCUT2D eigenvalue weighted by molar-refractivity contribution is 5.81. The summed E-state index contributed by atoms with van der Waals surface area (Å²) >= 11 is 0. The summed E-state index contributed by atoms with van der Waals surface area (Å²) in [5, 5.41) is 2.76. The van der Waals surface area contributed by atoms with Gasteiger partial charge in [-0.3, -0.25) is 4.79 Å². The maximum Gasteiger partial charge on any atom is 0.236 e. The van der Waals surface area contributed by atoms with E-state index < -0.39 is 0 Å². The number of rotatable bonds is 7. The molecule has 0 spiro atoms. The summed E-state index contributed by atoms with van der Waals surface area (Å²) in [5.41, 5.74) is 5.60. The molecule has 1 amide bonds. The first-order valence-electron chi connectivity index (χ1n) is 4.74. The molecule has 4 heteroatoms. The number of nitrogens with one attached hydrogen (secondary N) is 1. The highest BCUT2D eigenvalue weighted by atomic mass is 16.5. The predicted octanol–water partition coefficient (Wildman–Crippen LogP) is 0.267. The summed E-state index contributed by atoms with van der Waals surface area (Å²) in [6.45, 7) is 3.32. The van der Waals surface area contributed by atoms with Crippen molar-refractivity contribution in [2.24, 2.45) is 5.73 Å². The van der Waals surface area contributed by atoms with Crippen LogP contribution >= 0.6 is 0 Å². The molecule has 3 N–H and O–H groups in total. The van der Waals surface area contributed by atoms with E-state index in [0.717, 1.165) is 19.3 Å². The zero-order valence-electron chi connectivity index (χ0n) is 8.51. The molecule has 0 aromatic heterocycles. The number of ether oxygens (including phenoxy) is 1.